The van der Waals surface area contributed by atoms with E-state index in [0.717, 1.165) is 54.4 Å². The number of hydrogen-bond donors (Lipinski definition) is 1. The quantitative estimate of drug-likeness (QED) is 0.658. The van der Waals surface area contributed by atoms with Gasteiger partial charge in [-0.1, -0.05) is 24.3 Å². The Labute approximate surface area is 176 Å². The van der Waals surface area contributed by atoms with Crippen LogP contribution in [0.1, 0.15) is 24.3 Å². The molecule has 0 radical (unpaired) electrons. The maximum atomic E-state index is 12.0. The van der Waals surface area contributed by atoms with Crippen molar-refractivity contribution in [3.05, 3.63) is 66.1 Å². The summed E-state index contributed by atoms with van der Waals surface area (Å²) < 4.78 is 11.9. The SMILES string of the molecule is CNC(=O)[C@H]1CCCN(Cc2nc(-c3cccc(Oc4ccccc4)c3)oc2C)C1. The Bertz CT molecular complexity index is 1000. The summed E-state index contributed by atoms with van der Waals surface area (Å²) in [5.74, 6) is 3.08. The zero-order valence-corrected chi connectivity index (χ0v) is 17.4. The Morgan fingerprint density at radius 1 is 1.20 bits per heavy atom. The lowest BCUT2D eigenvalue weighted by atomic mass is 9.97. The third kappa shape index (κ3) is 4.71. The number of oxazole rings is 1. The van der Waals surface area contributed by atoms with Gasteiger partial charge in [-0.2, -0.15) is 0 Å². The zero-order valence-electron chi connectivity index (χ0n) is 17.4. The molecule has 1 fully saturated rings. The zero-order chi connectivity index (χ0) is 20.9. The number of ether oxygens (including phenoxy) is 1. The van der Waals surface area contributed by atoms with Gasteiger partial charge in [-0.05, 0) is 56.6 Å². The third-order valence-electron chi connectivity index (χ3n) is 5.45. The van der Waals surface area contributed by atoms with E-state index in [9.17, 15) is 4.79 Å². The van der Waals surface area contributed by atoms with Crippen LogP contribution in [-0.2, 0) is 11.3 Å². The van der Waals surface area contributed by atoms with Crippen molar-refractivity contribution < 1.29 is 13.9 Å². The summed E-state index contributed by atoms with van der Waals surface area (Å²) in [6, 6.07) is 17.4. The fraction of sp³-hybridized carbons (Fsp3) is 0.333. The van der Waals surface area contributed by atoms with Gasteiger partial charge < -0.3 is 14.5 Å². The van der Waals surface area contributed by atoms with E-state index >= 15 is 0 Å². The number of para-hydroxylation sites is 1. The van der Waals surface area contributed by atoms with E-state index in [4.69, 9.17) is 14.1 Å². The third-order valence-corrected chi connectivity index (χ3v) is 5.45. The number of likely N-dealkylation sites (tertiary alicyclic amines) is 1. The number of piperidine rings is 1. The number of benzene rings is 2. The van der Waals surface area contributed by atoms with Crippen molar-refractivity contribution in [2.24, 2.45) is 5.92 Å². The number of aromatic nitrogens is 1. The second kappa shape index (κ2) is 9.13. The van der Waals surface area contributed by atoms with Crippen LogP contribution in [0.4, 0.5) is 0 Å². The molecule has 0 bridgehead atoms. The molecule has 3 aromatic rings. The van der Waals surface area contributed by atoms with Gasteiger partial charge in [-0.15, -0.1) is 0 Å². The lowest BCUT2D eigenvalue weighted by molar-refractivity contribution is -0.126. The average molecular weight is 405 g/mol. The molecule has 1 aliphatic heterocycles. The molecule has 6 heteroatoms. The standard InChI is InChI=1S/C24H27N3O3/c1-17-22(16-27-13-7-9-19(15-27)23(28)25-2)26-24(29-17)18-8-6-12-21(14-18)30-20-10-4-3-5-11-20/h3-6,8,10-12,14,19H,7,9,13,15-16H2,1-2H3,(H,25,28)/t19-/m0/s1. The molecule has 1 aromatic heterocycles. The molecule has 0 unspecified atom stereocenters. The first-order valence-electron chi connectivity index (χ1n) is 10.4. The van der Waals surface area contributed by atoms with Gasteiger partial charge in [0.05, 0.1) is 11.6 Å². The topological polar surface area (TPSA) is 67.6 Å². The van der Waals surface area contributed by atoms with E-state index in [-0.39, 0.29) is 11.8 Å². The van der Waals surface area contributed by atoms with Gasteiger partial charge in [0.15, 0.2) is 0 Å². The van der Waals surface area contributed by atoms with E-state index in [1.165, 1.54) is 0 Å². The molecule has 1 N–H and O–H groups in total. The molecule has 0 spiro atoms. The van der Waals surface area contributed by atoms with Gasteiger partial charge in [-0.3, -0.25) is 9.69 Å². The minimum absolute atomic E-state index is 0.0437. The van der Waals surface area contributed by atoms with Gasteiger partial charge in [0.1, 0.15) is 17.3 Å². The van der Waals surface area contributed by atoms with E-state index in [1.54, 1.807) is 7.05 Å². The number of carbonyl (C=O) groups is 1. The van der Waals surface area contributed by atoms with E-state index < -0.39 is 0 Å². The molecular formula is C24H27N3O3. The second-order valence-corrected chi connectivity index (χ2v) is 7.65. The summed E-state index contributed by atoms with van der Waals surface area (Å²) in [7, 11) is 1.70. The molecule has 1 aliphatic rings. The number of aryl methyl sites for hydroxylation is 1. The first kappa shape index (κ1) is 20.2. The number of amides is 1. The van der Waals surface area contributed by atoms with E-state index in [1.807, 2.05) is 61.5 Å². The first-order chi connectivity index (χ1) is 14.6. The lowest BCUT2D eigenvalue weighted by Gasteiger charge is -2.31. The summed E-state index contributed by atoms with van der Waals surface area (Å²) in [4.78, 5) is 19.0. The number of hydrogen-bond acceptors (Lipinski definition) is 5. The molecule has 4 rings (SSSR count). The van der Waals surface area contributed by atoms with Crippen molar-refractivity contribution in [3.8, 4) is 23.0 Å². The second-order valence-electron chi connectivity index (χ2n) is 7.65. The Morgan fingerprint density at radius 2 is 2.00 bits per heavy atom. The molecular weight excluding hydrogens is 378 g/mol. The molecule has 156 valence electrons. The Morgan fingerprint density at radius 3 is 2.80 bits per heavy atom. The Hall–Kier alpha value is -3.12. The fourth-order valence-corrected chi connectivity index (χ4v) is 3.84. The highest BCUT2D eigenvalue weighted by atomic mass is 16.5. The van der Waals surface area contributed by atoms with Gasteiger partial charge >= 0.3 is 0 Å². The molecule has 2 aromatic carbocycles. The highest BCUT2D eigenvalue weighted by Crippen LogP contribution is 2.29. The van der Waals surface area contributed by atoms with Crippen LogP contribution in [0.3, 0.4) is 0 Å². The minimum atomic E-state index is 0.0437. The fourth-order valence-electron chi connectivity index (χ4n) is 3.84. The lowest BCUT2D eigenvalue weighted by Crippen LogP contribution is -2.41. The molecule has 1 amide bonds. The van der Waals surface area contributed by atoms with Crippen LogP contribution < -0.4 is 10.1 Å². The van der Waals surface area contributed by atoms with Crippen molar-refractivity contribution >= 4 is 5.91 Å². The van der Waals surface area contributed by atoms with Crippen LogP contribution in [0.15, 0.2) is 59.0 Å². The molecule has 2 heterocycles. The highest BCUT2D eigenvalue weighted by molar-refractivity contribution is 5.78. The minimum Gasteiger partial charge on any atom is -0.457 e. The molecule has 0 aliphatic carbocycles. The first-order valence-corrected chi connectivity index (χ1v) is 10.4. The molecule has 0 saturated carbocycles. The Balaban J connectivity index is 1.47. The van der Waals surface area contributed by atoms with Crippen molar-refractivity contribution in [2.45, 2.75) is 26.3 Å². The summed E-state index contributed by atoms with van der Waals surface area (Å²) in [6.45, 7) is 4.34. The van der Waals surface area contributed by atoms with Crippen LogP contribution in [0.5, 0.6) is 11.5 Å². The summed E-state index contributed by atoms with van der Waals surface area (Å²) in [6.07, 6.45) is 1.95. The van der Waals surface area contributed by atoms with Crippen LogP contribution >= 0.6 is 0 Å². The Kier molecular flexibility index (Phi) is 6.14. The van der Waals surface area contributed by atoms with E-state index in [2.05, 4.69) is 10.2 Å². The number of nitrogens with one attached hydrogen (secondary N) is 1. The van der Waals surface area contributed by atoms with Crippen LogP contribution in [0, 0.1) is 12.8 Å². The maximum absolute atomic E-state index is 12.0. The maximum Gasteiger partial charge on any atom is 0.226 e. The monoisotopic (exact) mass is 405 g/mol. The normalized spacial score (nSPS) is 16.9. The number of nitrogens with zero attached hydrogens (tertiary/aromatic N) is 2. The number of carbonyl (C=O) groups excluding carboxylic acids is 1. The molecule has 30 heavy (non-hydrogen) atoms. The summed E-state index contributed by atoms with van der Waals surface area (Å²) >= 11 is 0. The predicted octanol–water partition coefficient (Wildman–Crippen LogP) is 4.40. The molecule has 6 nitrogen and oxygen atoms in total. The largest absolute Gasteiger partial charge is 0.457 e. The summed E-state index contributed by atoms with van der Waals surface area (Å²) in [5, 5.41) is 2.77. The predicted molar refractivity (Wildman–Crippen MR) is 115 cm³/mol. The van der Waals surface area contributed by atoms with Gasteiger partial charge in [0.25, 0.3) is 0 Å². The van der Waals surface area contributed by atoms with Crippen molar-refractivity contribution in [1.82, 2.24) is 15.2 Å². The van der Waals surface area contributed by atoms with Crippen molar-refractivity contribution in [1.29, 1.82) is 0 Å². The highest BCUT2D eigenvalue weighted by Gasteiger charge is 2.26. The van der Waals surface area contributed by atoms with Crippen LogP contribution in [-0.4, -0.2) is 35.9 Å². The van der Waals surface area contributed by atoms with Gasteiger partial charge in [0, 0.05) is 25.7 Å². The average Bonchev–Trinajstić information content (AvgIpc) is 3.14. The van der Waals surface area contributed by atoms with Crippen LogP contribution in [0.2, 0.25) is 0 Å². The van der Waals surface area contributed by atoms with Gasteiger partial charge in [0.2, 0.25) is 11.8 Å². The van der Waals surface area contributed by atoms with Crippen LogP contribution in [0.25, 0.3) is 11.5 Å². The summed E-state index contributed by atoms with van der Waals surface area (Å²) in [5.41, 5.74) is 1.79. The molecule has 1 atom stereocenters. The van der Waals surface area contributed by atoms with Gasteiger partial charge in [-0.25, -0.2) is 4.98 Å². The van der Waals surface area contributed by atoms with Crippen molar-refractivity contribution in [2.75, 3.05) is 20.1 Å². The van der Waals surface area contributed by atoms with Crippen molar-refractivity contribution in [3.63, 3.8) is 0 Å². The smallest absolute Gasteiger partial charge is 0.226 e. The number of rotatable bonds is 6. The van der Waals surface area contributed by atoms with E-state index in [0.29, 0.717) is 12.4 Å². The molecule has 1 saturated heterocycles.